The number of hydrogen-bond acceptors (Lipinski definition) is 3. The van der Waals surface area contributed by atoms with Gasteiger partial charge in [-0.3, -0.25) is 0 Å². The van der Waals surface area contributed by atoms with E-state index >= 15 is 0 Å². The number of nitrogens with zero attached hydrogens (tertiary/aromatic N) is 3. The van der Waals surface area contributed by atoms with Gasteiger partial charge < -0.3 is 14.7 Å². The van der Waals surface area contributed by atoms with Gasteiger partial charge in [-0.15, -0.1) is 0 Å². The predicted molar refractivity (Wildman–Crippen MR) is 285 cm³/mol. The van der Waals surface area contributed by atoms with Gasteiger partial charge in [0.05, 0.1) is 22.7 Å². The first-order valence-electron chi connectivity index (χ1n) is 23.7. The molecule has 13 rings (SSSR count). The van der Waals surface area contributed by atoms with Gasteiger partial charge in [-0.2, -0.15) is 0 Å². The first kappa shape index (κ1) is 39.2. The van der Waals surface area contributed by atoms with Crippen molar-refractivity contribution in [1.82, 2.24) is 0 Å². The standard InChI is InChI=1S/C64H49N3/c1-64(2)57-39-43(27-35-55(57)56-37-34-50(42-58(56)64)65-38-14-16-45-15-6-9-21-59(45)65)26-28-44-32-36-53(54-20-8-7-19-52(44)54)48-30-29-47-41-51(33-31-46(47)40-48)67-62-24-12-10-22-60(62)66(49-17-4-3-5-18-49)61-23-11-13-25-63(61)67/h3-13,15,17-37,39-42H,14,16,38H2,1-2H3/b28-26+. The zero-order valence-corrected chi connectivity index (χ0v) is 37.8. The van der Waals surface area contributed by atoms with E-state index in [0.29, 0.717) is 0 Å². The summed E-state index contributed by atoms with van der Waals surface area (Å²) >= 11 is 0. The molecular weight excluding hydrogens is 811 g/mol. The molecule has 10 aromatic carbocycles. The van der Waals surface area contributed by atoms with E-state index < -0.39 is 0 Å². The molecule has 0 spiro atoms. The number of rotatable bonds is 6. The van der Waals surface area contributed by atoms with E-state index in [0.717, 1.165) is 47.1 Å². The lowest BCUT2D eigenvalue weighted by molar-refractivity contribution is 0.659. The van der Waals surface area contributed by atoms with Crippen LogP contribution in [0.2, 0.25) is 0 Å². The third-order valence-corrected chi connectivity index (χ3v) is 14.7. The van der Waals surface area contributed by atoms with Gasteiger partial charge in [0.1, 0.15) is 0 Å². The molecule has 0 unspecified atom stereocenters. The van der Waals surface area contributed by atoms with Crippen molar-refractivity contribution in [2.75, 3.05) is 21.2 Å². The molecule has 320 valence electrons. The summed E-state index contributed by atoms with van der Waals surface area (Å²) in [5.41, 5.74) is 21.3. The van der Waals surface area contributed by atoms with E-state index in [-0.39, 0.29) is 5.41 Å². The molecule has 0 bridgehead atoms. The molecule has 0 fully saturated rings. The Morgan fingerprint density at radius 1 is 0.418 bits per heavy atom. The summed E-state index contributed by atoms with van der Waals surface area (Å²) in [4.78, 5) is 7.30. The molecule has 2 aliphatic heterocycles. The van der Waals surface area contributed by atoms with Crippen LogP contribution in [0.15, 0.2) is 212 Å². The number of hydrogen-bond donors (Lipinski definition) is 0. The lowest BCUT2D eigenvalue weighted by Gasteiger charge is -2.40. The summed E-state index contributed by atoms with van der Waals surface area (Å²) in [6.45, 7) is 5.84. The van der Waals surface area contributed by atoms with E-state index in [4.69, 9.17) is 0 Å². The van der Waals surface area contributed by atoms with Crippen LogP contribution in [0.3, 0.4) is 0 Å². The summed E-state index contributed by atoms with van der Waals surface area (Å²) < 4.78 is 0. The van der Waals surface area contributed by atoms with Crippen LogP contribution in [-0.2, 0) is 11.8 Å². The van der Waals surface area contributed by atoms with E-state index in [2.05, 4.69) is 253 Å². The van der Waals surface area contributed by atoms with Crippen LogP contribution in [0.4, 0.5) is 45.5 Å². The molecule has 0 aromatic heterocycles. The van der Waals surface area contributed by atoms with Gasteiger partial charge in [-0.1, -0.05) is 166 Å². The van der Waals surface area contributed by atoms with Gasteiger partial charge in [0.2, 0.25) is 0 Å². The summed E-state index contributed by atoms with van der Waals surface area (Å²) in [6.07, 6.45) is 6.92. The summed E-state index contributed by atoms with van der Waals surface area (Å²) in [5, 5.41) is 4.93. The van der Waals surface area contributed by atoms with Gasteiger partial charge in [-0.25, -0.2) is 0 Å². The second-order valence-electron chi connectivity index (χ2n) is 18.9. The second-order valence-corrected chi connectivity index (χ2v) is 18.9. The molecule has 67 heavy (non-hydrogen) atoms. The fourth-order valence-electron chi connectivity index (χ4n) is 11.3. The van der Waals surface area contributed by atoms with E-state index in [1.807, 2.05) is 0 Å². The SMILES string of the molecule is CC1(C)c2cc(/C=C/c3ccc(-c4ccc5cc(N6c7ccccc7N(c7ccccc7)c7ccccc76)ccc5c4)c4ccccc34)ccc2-c2ccc(N3CCCc4ccccc43)cc21. The van der Waals surface area contributed by atoms with Crippen LogP contribution >= 0.6 is 0 Å². The maximum atomic E-state index is 2.52. The summed E-state index contributed by atoms with van der Waals surface area (Å²) in [7, 11) is 0. The topological polar surface area (TPSA) is 9.72 Å². The van der Waals surface area contributed by atoms with Crippen LogP contribution in [0.5, 0.6) is 0 Å². The van der Waals surface area contributed by atoms with Crippen LogP contribution in [-0.4, -0.2) is 6.54 Å². The lowest BCUT2D eigenvalue weighted by atomic mass is 9.81. The van der Waals surface area contributed by atoms with Crippen LogP contribution in [0, 0.1) is 0 Å². The Morgan fingerprint density at radius 2 is 1.00 bits per heavy atom. The minimum Gasteiger partial charge on any atom is -0.341 e. The van der Waals surface area contributed by atoms with Crippen molar-refractivity contribution in [2.24, 2.45) is 0 Å². The number of anilines is 8. The van der Waals surface area contributed by atoms with Crippen molar-refractivity contribution >= 4 is 79.2 Å². The molecule has 0 atom stereocenters. The zero-order chi connectivity index (χ0) is 44.6. The maximum absolute atomic E-state index is 2.52. The monoisotopic (exact) mass is 859 g/mol. The van der Waals surface area contributed by atoms with Crippen molar-refractivity contribution in [3.05, 3.63) is 240 Å². The van der Waals surface area contributed by atoms with Crippen molar-refractivity contribution in [3.8, 4) is 22.3 Å². The van der Waals surface area contributed by atoms with Gasteiger partial charge in [-0.05, 0) is 157 Å². The van der Waals surface area contributed by atoms with E-state index in [1.165, 1.54) is 89.4 Å². The first-order chi connectivity index (χ1) is 33.0. The molecule has 3 nitrogen and oxygen atoms in total. The molecule has 0 saturated carbocycles. The molecule has 0 radical (unpaired) electrons. The third-order valence-electron chi connectivity index (χ3n) is 14.7. The van der Waals surface area contributed by atoms with Gasteiger partial charge in [0.25, 0.3) is 0 Å². The average molecular weight is 860 g/mol. The fourth-order valence-corrected chi connectivity index (χ4v) is 11.3. The van der Waals surface area contributed by atoms with E-state index in [1.54, 1.807) is 0 Å². The molecular formula is C64H49N3. The normalized spacial score (nSPS) is 14.5. The highest BCUT2D eigenvalue weighted by molar-refractivity contribution is 6.05. The number of aryl methyl sites for hydroxylation is 1. The predicted octanol–water partition coefficient (Wildman–Crippen LogP) is 17.5. The first-order valence-corrected chi connectivity index (χ1v) is 23.7. The second kappa shape index (κ2) is 15.5. The van der Waals surface area contributed by atoms with Gasteiger partial charge in [0.15, 0.2) is 0 Å². The van der Waals surface area contributed by atoms with Gasteiger partial charge >= 0.3 is 0 Å². The molecule has 3 aliphatic rings. The third kappa shape index (κ3) is 6.41. The van der Waals surface area contributed by atoms with Crippen LogP contribution in [0.25, 0.3) is 56.0 Å². The lowest BCUT2D eigenvalue weighted by Crippen LogP contribution is -2.25. The number of para-hydroxylation sites is 6. The highest BCUT2D eigenvalue weighted by Gasteiger charge is 2.36. The minimum atomic E-state index is -0.107. The number of fused-ring (bicyclic) bond motifs is 8. The highest BCUT2D eigenvalue weighted by Crippen LogP contribution is 2.55. The molecule has 1 aliphatic carbocycles. The largest absolute Gasteiger partial charge is 0.341 e. The Morgan fingerprint density at radius 3 is 1.76 bits per heavy atom. The quantitative estimate of drug-likeness (QED) is 0.154. The Hall–Kier alpha value is -8.14. The van der Waals surface area contributed by atoms with Crippen molar-refractivity contribution in [3.63, 3.8) is 0 Å². The highest BCUT2D eigenvalue weighted by atomic mass is 15.3. The summed E-state index contributed by atoms with van der Waals surface area (Å²) in [6, 6.07) is 78.5. The smallest absolute Gasteiger partial charge is 0.0703 e. The minimum absolute atomic E-state index is 0.107. The van der Waals surface area contributed by atoms with Crippen molar-refractivity contribution in [2.45, 2.75) is 32.1 Å². The molecule has 2 heterocycles. The van der Waals surface area contributed by atoms with Crippen molar-refractivity contribution in [1.29, 1.82) is 0 Å². The van der Waals surface area contributed by atoms with Crippen LogP contribution in [0.1, 0.15) is 48.1 Å². The van der Waals surface area contributed by atoms with Crippen molar-refractivity contribution < 1.29 is 0 Å². The summed E-state index contributed by atoms with van der Waals surface area (Å²) in [5.74, 6) is 0. The molecule has 0 amide bonds. The maximum Gasteiger partial charge on any atom is 0.0703 e. The fraction of sp³-hybridized carbons (Fsp3) is 0.0938. The molecule has 0 saturated heterocycles. The van der Waals surface area contributed by atoms with E-state index in [9.17, 15) is 0 Å². The Kier molecular flexibility index (Phi) is 9.08. The molecule has 10 aromatic rings. The molecule has 0 N–H and O–H groups in total. The molecule has 3 heteroatoms. The Bertz CT molecular complexity index is 3570. The Labute approximate surface area is 393 Å². The van der Waals surface area contributed by atoms with Gasteiger partial charge in [0, 0.05) is 34.7 Å². The number of benzene rings is 10. The van der Waals surface area contributed by atoms with Crippen LogP contribution < -0.4 is 14.7 Å². The zero-order valence-electron chi connectivity index (χ0n) is 37.8. The average Bonchev–Trinajstić information content (AvgIpc) is 3.61. The Balaban J connectivity index is 0.798.